The number of hydrogen-bond acceptors (Lipinski definition) is 6. The molecule has 2 rings (SSSR count). The summed E-state index contributed by atoms with van der Waals surface area (Å²) in [5, 5.41) is 14.2. The van der Waals surface area contributed by atoms with E-state index in [1.165, 1.54) is 12.5 Å². The van der Waals surface area contributed by atoms with Crippen LogP contribution in [-0.4, -0.2) is 21.4 Å². The third-order valence-corrected chi connectivity index (χ3v) is 2.57. The molecule has 0 saturated heterocycles. The number of nitrogens with one attached hydrogen (secondary N) is 1. The van der Waals surface area contributed by atoms with Gasteiger partial charge in [0.1, 0.15) is 5.69 Å². The summed E-state index contributed by atoms with van der Waals surface area (Å²) < 4.78 is 4.96. The zero-order chi connectivity index (χ0) is 13.8. The SMILES string of the molecule is CCCNc1nc(C)c([N+](=O)[O-])c(-c2ccoc2)n1. The van der Waals surface area contributed by atoms with Crippen molar-refractivity contribution in [1.29, 1.82) is 0 Å². The molecule has 19 heavy (non-hydrogen) atoms. The molecule has 0 unspecified atom stereocenters. The van der Waals surface area contributed by atoms with Crippen molar-refractivity contribution < 1.29 is 9.34 Å². The maximum Gasteiger partial charge on any atom is 0.316 e. The van der Waals surface area contributed by atoms with E-state index in [1.54, 1.807) is 13.0 Å². The summed E-state index contributed by atoms with van der Waals surface area (Å²) in [6, 6.07) is 1.64. The Kier molecular flexibility index (Phi) is 3.74. The van der Waals surface area contributed by atoms with Gasteiger partial charge in [0, 0.05) is 12.1 Å². The highest BCUT2D eigenvalue weighted by atomic mass is 16.6. The summed E-state index contributed by atoms with van der Waals surface area (Å²) in [5.74, 6) is 0.390. The molecule has 0 saturated carbocycles. The quantitative estimate of drug-likeness (QED) is 0.657. The summed E-state index contributed by atoms with van der Waals surface area (Å²) in [5.41, 5.74) is 1.07. The summed E-state index contributed by atoms with van der Waals surface area (Å²) >= 11 is 0. The summed E-state index contributed by atoms with van der Waals surface area (Å²) in [6.07, 6.45) is 3.80. The second-order valence-electron chi connectivity index (χ2n) is 4.03. The van der Waals surface area contributed by atoms with Crippen molar-refractivity contribution in [3.8, 4) is 11.3 Å². The Labute approximate surface area is 109 Å². The second-order valence-corrected chi connectivity index (χ2v) is 4.03. The van der Waals surface area contributed by atoms with Crippen LogP contribution in [0.5, 0.6) is 0 Å². The van der Waals surface area contributed by atoms with Crippen LogP contribution >= 0.6 is 0 Å². The number of furan rings is 1. The van der Waals surface area contributed by atoms with Crippen LogP contribution in [-0.2, 0) is 0 Å². The Morgan fingerprint density at radius 3 is 2.84 bits per heavy atom. The third-order valence-electron chi connectivity index (χ3n) is 2.57. The lowest BCUT2D eigenvalue weighted by Gasteiger charge is -2.07. The fraction of sp³-hybridized carbons (Fsp3) is 0.333. The van der Waals surface area contributed by atoms with E-state index in [2.05, 4.69) is 15.3 Å². The number of anilines is 1. The molecule has 0 fully saturated rings. The smallest absolute Gasteiger partial charge is 0.316 e. The minimum Gasteiger partial charge on any atom is -0.472 e. The summed E-state index contributed by atoms with van der Waals surface area (Å²) in [7, 11) is 0. The molecule has 2 aromatic heterocycles. The fourth-order valence-corrected chi connectivity index (χ4v) is 1.70. The molecule has 7 heteroatoms. The average molecular weight is 262 g/mol. The van der Waals surface area contributed by atoms with Crippen LogP contribution in [0.4, 0.5) is 11.6 Å². The highest BCUT2D eigenvalue weighted by Crippen LogP contribution is 2.31. The van der Waals surface area contributed by atoms with Gasteiger partial charge in [-0.25, -0.2) is 9.97 Å². The van der Waals surface area contributed by atoms with E-state index in [-0.39, 0.29) is 11.4 Å². The van der Waals surface area contributed by atoms with Gasteiger partial charge in [-0.2, -0.15) is 0 Å². The maximum atomic E-state index is 11.1. The first-order chi connectivity index (χ1) is 9.13. The van der Waals surface area contributed by atoms with Gasteiger partial charge in [-0.15, -0.1) is 0 Å². The van der Waals surface area contributed by atoms with Gasteiger partial charge in [0.25, 0.3) is 0 Å². The molecular formula is C12H14N4O3. The van der Waals surface area contributed by atoms with Crippen molar-refractivity contribution in [2.24, 2.45) is 0 Å². The van der Waals surface area contributed by atoms with Crippen molar-refractivity contribution in [1.82, 2.24) is 9.97 Å². The van der Waals surface area contributed by atoms with E-state index in [0.717, 1.165) is 6.42 Å². The van der Waals surface area contributed by atoms with Crippen molar-refractivity contribution >= 4 is 11.6 Å². The minimum atomic E-state index is -0.471. The van der Waals surface area contributed by atoms with Crippen LogP contribution in [0.1, 0.15) is 19.0 Å². The standard InChI is InChI=1S/C12H14N4O3/c1-3-5-13-12-14-8(2)11(16(17)18)10(15-12)9-4-6-19-7-9/h4,6-7H,3,5H2,1-2H3,(H,13,14,15). The van der Waals surface area contributed by atoms with Gasteiger partial charge < -0.3 is 9.73 Å². The Morgan fingerprint density at radius 1 is 1.47 bits per heavy atom. The summed E-state index contributed by atoms with van der Waals surface area (Å²) in [4.78, 5) is 19.0. The lowest BCUT2D eigenvalue weighted by molar-refractivity contribution is -0.385. The molecule has 0 aliphatic rings. The van der Waals surface area contributed by atoms with Crippen molar-refractivity contribution in [2.45, 2.75) is 20.3 Å². The highest BCUT2D eigenvalue weighted by molar-refractivity contribution is 5.71. The third kappa shape index (κ3) is 2.70. The molecular weight excluding hydrogens is 248 g/mol. The predicted molar refractivity (Wildman–Crippen MR) is 69.9 cm³/mol. The number of nitrogens with zero attached hydrogens (tertiary/aromatic N) is 3. The first-order valence-corrected chi connectivity index (χ1v) is 5.93. The van der Waals surface area contributed by atoms with E-state index >= 15 is 0 Å². The summed E-state index contributed by atoms with van der Waals surface area (Å²) in [6.45, 7) is 4.32. The van der Waals surface area contributed by atoms with Gasteiger partial charge >= 0.3 is 5.69 Å². The second kappa shape index (κ2) is 5.47. The molecule has 0 atom stereocenters. The predicted octanol–water partition coefficient (Wildman–Crippen LogP) is 2.78. The molecule has 2 heterocycles. The lowest BCUT2D eigenvalue weighted by atomic mass is 10.2. The number of aryl methyl sites for hydroxylation is 1. The van der Waals surface area contributed by atoms with Gasteiger partial charge in [-0.05, 0) is 19.4 Å². The van der Waals surface area contributed by atoms with Crippen LogP contribution in [0.3, 0.4) is 0 Å². The molecule has 0 aliphatic heterocycles. The monoisotopic (exact) mass is 262 g/mol. The van der Waals surface area contributed by atoms with Gasteiger partial charge in [0.2, 0.25) is 5.95 Å². The molecule has 0 aromatic carbocycles. The van der Waals surface area contributed by atoms with E-state index in [4.69, 9.17) is 4.42 Å². The Hall–Kier alpha value is -2.44. The van der Waals surface area contributed by atoms with E-state index in [9.17, 15) is 10.1 Å². The van der Waals surface area contributed by atoms with Crippen molar-refractivity contribution in [3.63, 3.8) is 0 Å². The topological polar surface area (TPSA) is 94.1 Å². The van der Waals surface area contributed by atoms with Crippen LogP contribution in [0.15, 0.2) is 23.0 Å². The number of nitro groups is 1. The van der Waals surface area contributed by atoms with E-state index in [1.807, 2.05) is 6.92 Å². The Morgan fingerprint density at radius 2 is 2.26 bits per heavy atom. The first-order valence-electron chi connectivity index (χ1n) is 5.93. The van der Waals surface area contributed by atoms with E-state index < -0.39 is 4.92 Å². The first kappa shape index (κ1) is 13.0. The fourth-order valence-electron chi connectivity index (χ4n) is 1.70. The average Bonchev–Trinajstić information content (AvgIpc) is 2.88. The molecule has 100 valence electrons. The normalized spacial score (nSPS) is 10.4. The molecule has 1 N–H and O–H groups in total. The molecule has 0 radical (unpaired) electrons. The highest BCUT2D eigenvalue weighted by Gasteiger charge is 2.23. The van der Waals surface area contributed by atoms with Gasteiger partial charge in [0.15, 0.2) is 5.69 Å². The maximum absolute atomic E-state index is 11.1. The van der Waals surface area contributed by atoms with Crippen LogP contribution in [0.25, 0.3) is 11.3 Å². The zero-order valence-corrected chi connectivity index (χ0v) is 10.7. The van der Waals surface area contributed by atoms with E-state index in [0.29, 0.717) is 23.8 Å². The Balaban J connectivity index is 2.53. The number of aromatic nitrogens is 2. The molecule has 0 amide bonds. The number of hydrogen-bond donors (Lipinski definition) is 1. The van der Waals surface area contributed by atoms with Gasteiger partial charge in [-0.3, -0.25) is 10.1 Å². The molecule has 2 aromatic rings. The van der Waals surface area contributed by atoms with Gasteiger partial charge in [0.05, 0.1) is 17.4 Å². The minimum absolute atomic E-state index is 0.0940. The van der Waals surface area contributed by atoms with Crippen molar-refractivity contribution in [3.05, 3.63) is 34.4 Å². The van der Waals surface area contributed by atoms with Crippen LogP contribution in [0, 0.1) is 17.0 Å². The van der Waals surface area contributed by atoms with Gasteiger partial charge in [-0.1, -0.05) is 6.92 Å². The lowest BCUT2D eigenvalue weighted by Crippen LogP contribution is -2.08. The van der Waals surface area contributed by atoms with Crippen molar-refractivity contribution in [2.75, 3.05) is 11.9 Å². The molecule has 0 aliphatic carbocycles. The number of rotatable bonds is 5. The van der Waals surface area contributed by atoms with Crippen LogP contribution in [0.2, 0.25) is 0 Å². The molecule has 0 bridgehead atoms. The largest absolute Gasteiger partial charge is 0.472 e. The zero-order valence-electron chi connectivity index (χ0n) is 10.7. The molecule has 0 spiro atoms. The van der Waals surface area contributed by atoms with Crippen LogP contribution < -0.4 is 5.32 Å². The Bertz CT molecular complexity index is 581. The molecule has 7 nitrogen and oxygen atoms in total.